The predicted molar refractivity (Wildman–Crippen MR) is 224 cm³/mol. The van der Waals surface area contributed by atoms with Crippen LogP contribution in [0.3, 0.4) is 0 Å². The maximum atomic E-state index is 16.4. The van der Waals surface area contributed by atoms with Crippen LogP contribution < -0.4 is 30.8 Å². The third kappa shape index (κ3) is 7.73. The van der Waals surface area contributed by atoms with Crippen LogP contribution in [0.4, 0.5) is 15.8 Å². The van der Waals surface area contributed by atoms with Gasteiger partial charge in [-0.2, -0.15) is 5.10 Å². The monoisotopic (exact) mass is 843 g/mol. The summed E-state index contributed by atoms with van der Waals surface area (Å²) in [6, 6.07) is 9.84. The van der Waals surface area contributed by atoms with Crippen molar-refractivity contribution < 1.29 is 37.8 Å². The van der Waals surface area contributed by atoms with Gasteiger partial charge in [0.1, 0.15) is 28.4 Å². The highest BCUT2D eigenvalue weighted by Crippen LogP contribution is 2.36. The summed E-state index contributed by atoms with van der Waals surface area (Å²) < 4.78 is 26.1. The number of nitrogens with one attached hydrogen (secondary N) is 2. The van der Waals surface area contributed by atoms with Gasteiger partial charge in [0.05, 0.1) is 34.8 Å². The predicted octanol–water partition coefficient (Wildman–Crippen LogP) is 3.04. The summed E-state index contributed by atoms with van der Waals surface area (Å²) >= 11 is 0. The minimum absolute atomic E-state index is 0.0580. The maximum Gasteiger partial charge on any atom is 0.262 e. The smallest absolute Gasteiger partial charge is 0.262 e. The van der Waals surface area contributed by atoms with E-state index in [9.17, 15) is 24.0 Å². The summed E-state index contributed by atoms with van der Waals surface area (Å²) in [6.07, 6.45) is 15.9. The number of alkyl halides is 1. The number of hydrogen-bond donors (Lipinski definition) is 2. The van der Waals surface area contributed by atoms with Crippen molar-refractivity contribution in [3.63, 3.8) is 0 Å². The lowest BCUT2D eigenvalue weighted by atomic mass is 9.85. The molecule has 10 rings (SSSR count). The van der Waals surface area contributed by atoms with E-state index in [1.165, 1.54) is 6.20 Å². The number of hydrogen-bond acceptors (Lipinski definition) is 11. The minimum Gasteiger partial charge on any atom is -0.491 e. The molecular weight excluding hydrogens is 796 g/mol. The molecule has 2 aromatic heterocycles. The second-order valence-electron chi connectivity index (χ2n) is 17.6. The number of halogens is 1. The first-order valence-electron chi connectivity index (χ1n) is 21.6. The van der Waals surface area contributed by atoms with Crippen molar-refractivity contribution in [2.24, 2.45) is 16.9 Å². The van der Waals surface area contributed by atoms with Gasteiger partial charge in [0.2, 0.25) is 18.0 Å². The fraction of sp³-hybridized carbons (Fsp3) is 0.444. The molecule has 16 nitrogen and oxygen atoms in total. The number of nitrogens with zero attached hydrogens (tertiary/aromatic N) is 8. The lowest BCUT2D eigenvalue weighted by molar-refractivity contribution is -0.424. The van der Waals surface area contributed by atoms with Gasteiger partial charge in [-0.05, 0) is 88.2 Å². The number of anilines is 2. The van der Waals surface area contributed by atoms with E-state index in [1.54, 1.807) is 41.2 Å². The fourth-order valence-corrected chi connectivity index (χ4v) is 9.50. The van der Waals surface area contributed by atoms with E-state index in [1.807, 2.05) is 35.0 Å². The van der Waals surface area contributed by atoms with Gasteiger partial charge < -0.3 is 19.9 Å². The Balaban J connectivity index is 0.740. The van der Waals surface area contributed by atoms with E-state index < -0.39 is 35.3 Å². The molecule has 0 bridgehead atoms. The molecule has 2 N–H and O–H groups in total. The zero-order valence-corrected chi connectivity index (χ0v) is 34.5. The summed E-state index contributed by atoms with van der Waals surface area (Å²) in [6.45, 7) is 1.84. The summed E-state index contributed by atoms with van der Waals surface area (Å²) in [4.78, 5) is 73.6. The van der Waals surface area contributed by atoms with Crippen molar-refractivity contribution in [1.82, 2.24) is 29.7 Å². The van der Waals surface area contributed by atoms with Gasteiger partial charge in [-0.25, -0.2) is 13.9 Å². The molecule has 2 aromatic carbocycles. The zero-order valence-electron chi connectivity index (χ0n) is 34.5. The fourth-order valence-electron chi connectivity index (χ4n) is 9.50. The van der Waals surface area contributed by atoms with Crippen molar-refractivity contribution in [1.29, 1.82) is 0 Å². The van der Waals surface area contributed by atoms with E-state index >= 15 is 4.39 Å². The molecule has 4 aromatic rings. The number of aromatic nitrogens is 3. The molecule has 0 radical (unpaired) electrons. The number of carbonyl (C=O) groups is 5. The van der Waals surface area contributed by atoms with Crippen LogP contribution in [0.1, 0.15) is 95.3 Å². The van der Waals surface area contributed by atoms with Gasteiger partial charge in [-0.15, -0.1) is 0 Å². The summed E-state index contributed by atoms with van der Waals surface area (Å²) in [5, 5.41) is 16.0. The number of benzene rings is 2. The normalized spacial score (nSPS) is 23.9. The highest BCUT2D eigenvalue weighted by molar-refractivity contribution is 6.23. The molecule has 320 valence electrons. The van der Waals surface area contributed by atoms with E-state index in [-0.39, 0.29) is 35.9 Å². The highest BCUT2D eigenvalue weighted by atomic mass is 19.1. The van der Waals surface area contributed by atoms with Gasteiger partial charge in [-0.1, -0.05) is 4.68 Å². The van der Waals surface area contributed by atoms with E-state index in [2.05, 4.69) is 31.8 Å². The van der Waals surface area contributed by atoms with Crippen molar-refractivity contribution >= 4 is 59.0 Å². The second-order valence-corrected chi connectivity index (χ2v) is 17.6. The van der Waals surface area contributed by atoms with Gasteiger partial charge in [0, 0.05) is 80.1 Å². The molecule has 17 heteroatoms. The SMILES string of the molecule is CN(CC1(F)CCN(c2ccc3c(c2)C(=O)N(C2CCC(=O)NC2=O)C3=O)CC1)C1CCC(/C=[N+]2\C=c3cc(NC(=O)c4cnn5cccnc45)c(OCC4CC4)cc3=N2)CC1. The van der Waals surface area contributed by atoms with Gasteiger partial charge in [0.15, 0.2) is 11.9 Å². The molecule has 2 saturated heterocycles. The first-order valence-corrected chi connectivity index (χ1v) is 21.6. The summed E-state index contributed by atoms with van der Waals surface area (Å²) in [5.41, 5.74) is 1.22. The summed E-state index contributed by atoms with van der Waals surface area (Å²) in [5.74, 6) is -1.08. The number of imide groups is 2. The second kappa shape index (κ2) is 15.8. The zero-order chi connectivity index (χ0) is 42.7. The number of carbonyl (C=O) groups excluding carboxylic acids is 5. The Morgan fingerprint density at radius 3 is 2.60 bits per heavy atom. The first kappa shape index (κ1) is 39.8. The Kier molecular flexibility index (Phi) is 10.2. The molecule has 4 fully saturated rings. The van der Waals surface area contributed by atoms with Crippen molar-refractivity contribution in [3.8, 4) is 5.75 Å². The van der Waals surface area contributed by atoms with Crippen molar-refractivity contribution in [2.75, 3.05) is 43.5 Å². The van der Waals surface area contributed by atoms with Gasteiger partial charge >= 0.3 is 0 Å². The minimum atomic E-state index is -1.36. The van der Waals surface area contributed by atoms with Crippen molar-refractivity contribution in [2.45, 2.75) is 82.0 Å². The number of piperidine rings is 2. The average molecular weight is 844 g/mol. The Morgan fingerprint density at radius 2 is 1.82 bits per heavy atom. The van der Waals surface area contributed by atoms with E-state index in [4.69, 9.17) is 9.84 Å². The first-order chi connectivity index (χ1) is 30.0. The number of fused-ring (bicyclic) bond motifs is 3. The third-order valence-electron chi connectivity index (χ3n) is 13.3. The van der Waals surface area contributed by atoms with Crippen LogP contribution in [-0.2, 0) is 9.59 Å². The van der Waals surface area contributed by atoms with Crippen LogP contribution in [0.15, 0.2) is 60.1 Å². The summed E-state index contributed by atoms with van der Waals surface area (Å²) in [7, 11) is 2.02. The lowest BCUT2D eigenvalue weighted by Crippen LogP contribution is -2.54. The van der Waals surface area contributed by atoms with E-state index in [0.717, 1.165) is 59.7 Å². The largest absolute Gasteiger partial charge is 0.491 e. The molecule has 0 spiro atoms. The van der Waals surface area contributed by atoms with Crippen LogP contribution in [0.25, 0.3) is 11.8 Å². The Morgan fingerprint density at radius 1 is 1.03 bits per heavy atom. The average Bonchev–Trinajstić information content (AvgIpc) is 3.78. The molecule has 2 saturated carbocycles. The molecule has 2 aliphatic carbocycles. The maximum absolute atomic E-state index is 16.4. The Bertz CT molecular complexity index is 2680. The van der Waals surface area contributed by atoms with Crippen LogP contribution in [0, 0.1) is 11.8 Å². The van der Waals surface area contributed by atoms with Crippen LogP contribution in [-0.4, -0.2) is 116 Å². The van der Waals surface area contributed by atoms with Crippen molar-refractivity contribution in [3.05, 3.63) is 82.3 Å². The van der Waals surface area contributed by atoms with Crippen LogP contribution in [0.5, 0.6) is 5.75 Å². The lowest BCUT2D eigenvalue weighted by Gasteiger charge is -2.42. The van der Waals surface area contributed by atoms with Gasteiger partial charge in [-0.3, -0.25) is 34.2 Å². The molecule has 5 amide bonds. The molecule has 1 unspecified atom stereocenters. The number of amides is 5. The van der Waals surface area contributed by atoms with Crippen LogP contribution in [0.2, 0.25) is 0 Å². The molecule has 6 aliphatic rings. The highest BCUT2D eigenvalue weighted by Gasteiger charge is 2.45. The van der Waals surface area contributed by atoms with E-state index in [0.29, 0.717) is 73.6 Å². The molecule has 62 heavy (non-hydrogen) atoms. The molecule has 6 heterocycles. The van der Waals surface area contributed by atoms with Crippen LogP contribution >= 0.6 is 0 Å². The standard InChI is InChI=1S/C45H47FN10O6/c1-52(26-45(46)13-17-53(18-14-45)31-9-10-32-33(20-31)44(61)56(43(32)60)37-11-12-39(57)50-42(37)59)30-7-5-27(6-8-30)23-54-24-29-19-36(38(21-35(29)51-54)62-25-28-3-4-28)49-41(58)34-22-48-55-16-2-15-47-40(34)55/h2,9-10,15-16,19-24,27-28,30,37H,3-8,11-14,17-18,25-26H2,1H3,(H-,49,50,57,58,59)/p+1/b54-23+. The Labute approximate surface area is 356 Å². The molecule has 4 aliphatic heterocycles. The van der Waals surface area contributed by atoms with Gasteiger partial charge in [0.25, 0.3) is 17.7 Å². The number of rotatable bonds is 11. The molecular formula is C45H48FN10O6+. The number of ether oxygens (including phenoxy) is 1. The third-order valence-corrected chi connectivity index (χ3v) is 13.3. The molecule has 1 atom stereocenters. The topological polar surface area (TPSA) is 174 Å². The Hall–Kier alpha value is -6.36. The quantitative estimate of drug-likeness (QED) is 0.169.